The number of alkyl halides is 6. The minimum atomic E-state index is -4.96. The summed E-state index contributed by atoms with van der Waals surface area (Å²) in [6.45, 7) is 27.4. The van der Waals surface area contributed by atoms with Gasteiger partial charge in [0, 0.05) is 132 Å². The van der Waals surface area contributed by atoms with Crippen molar-refractivity contribution in [2.24, 2.45) is 30.4 Å². The monoisotopic (exact) mass is 2000 g/mol. The molecule has 4 fully saturated rings. The molecule has 30 nitrogen and oxygen atoms in total. The fourth-order valence-corrected chi connectivity index (χ4v) is 19.3. The molecule has 141 heavy (non-hydrogen) atoms. The number of aliphatic hydroxyl groups excluding tert-OH is 1. The first-order valence-electron chi connectivity index (χ1n) is 47.7. The summed E-state index contributed by atoms with van der Waals surface area (Å²) in [6.07, 6.45) is 6.40. The Morgan fingerprint density at radius 1 is 0.645 bits per heavy atom. The first kappa shape index (κ1) is 110. The molecular weight excluding hydrogens is 1870 g/mol. The molecule has 7 aliphatic rings. The van der Waals surface area contributed by atoms with Crippen LogP contribution in [0.4, 0.5) is 72.7 Å². The molecule has 4 aromatic heterocycles. The third-order valence-electron chi connectivity index (χ3n) is 26.4. The number of piperazine rings is 1. The summed E-state index contributed by atoms with van der Waals surface area (Å²) in [5, 5.41) is 30.7. The minimum Gasteiger partial charge on any atom is -0.463 e. The van der Waals surface area contributed by atoms with Crippen molar-refractivity contribution in [2.45, 2.75) is 266 Å². The number of nitrogen functional groups attached to an aromatic ring is 1. The summed E-state index contributed by atoms with van der Waals surface area (Å²) >= 11 is 6.42. The fraction of sp³-hybridized carbons (Fsp3) is 0.530. The number of amides is 2. The van der Waals surface area contributed by atoms with E-state index >= 15 is 0 Å². The van der Waals surface area contributed by atoms with Crippen LogP contribution in [-0.4, -0.2) is 194 Å². The van der Waals surface area contributed by atoms with Gasteiger partial charge in [-0.25, -0.2) is 27.3 Å². The Balaban J connectivity index is 0.000000175. The lowest BCUT2D eigenvalue weighted by Crippen LogP contribution is -2.57. The van der Waals surface area contributed by atoms with Crippen molar-refractivity contribution in [3.05, 3.63) is 184 Å². The highest BCUT2D eigenvalue weighted by atomic mass is 35.5. The standard InChI is InChI=1S/C32H38F6N6O.C19H14ClF3N4O3.C18H20FN3O2.C16H28N2O4.C15H26N2O3/c1-19-12-20(2)29-27(13-19)28(6-5-11-43(29)17-22-7-9-24(10-8-22)21(3)45)44(30-39-41-42(4)40-30)18-23-14-25(31(33,34)35)16-26(15-23)32(36,37)38;1-7(28)10-6-27(19-13(23)3-12(22)18(24)25-19)15-9(17(10)30)2-11(21)16(14(15)20)26-4-8(29)5-26;1-11(23)14-10-22(12-2-3-12)16-9-17(21-6-4-20-5-7-21)15(19)8-13(16)18(14)24;1-5-12(6-2)22-14-9-11(16(20)21-7-3)8-13(17)15(14)18-10(4)19;1-5-12(6-2)20-14-8-11(9(3)18)7-13(16)15(14)17-10(4)19/h12-16,22,24,28H,5-11,17-18H2,1-4H3;2-3,6,8,29H,4-5H2,1H3,(H2,24,25);8-10,12,20H,2-7H2,1H3;9,12-15H,5-8,17H2,1-4H3,(H,18,19);8,12-15H,5-7,16H2,1-4H3,(H,17,19)/t22?,24?,28-;;;2*13-,14+,15+/m0..00/s1. The number of carbonyl (C=O) groups excluding carboxylic acids is 7. The van der Waals surface area contributed by atoms with Crippen LogP contribution in [-0.2, 0) is 64.1 Å². The molecule has 3 aliphatic heterocycles. The Morgan fingerprint density at radius 2 is 1.20 bits per heavy atom. The number of rotatable bonds is 26. The number of benzene rings is 4. The van der Waals surface area contributed by atoms with Gasteiger partial charge in [0.2, 0.25) is 11.8 Å². The second-order valence-corrected chi connectivity index (χ2v) is 37.4. The van der Waals surface area contributed by atoms with E-state index in [1.54, 1.807) is 44.1 Å². The van der Waals surface area contributed by atoms with Crippen LogP contribution in [0.3, 0.4) is 0 Å². The Labute approximate surface area is 815 Å². The number of hydrogen-bond donors (Lipinski definition) is 7. The fourth-order valence-electron chi connectivity index (χ4n) is 18.9. The van der Waals surface area contributed by atoms with Crippen LogP contribution in [0.25, 0.3) is 27.6 Å². The minimum absolute atomic E-state index is 0.0138. The lowest BCUT2D eigenvalue weighted by atomic mass is 9.80. The van der Waals surface area contributed by atoms with Crippen molar-refractivity contribution in [2.75, 3.05) is 84.3 Å². The number of ether oxygens (including phenoxy) is 3. The van der Waals surface area contributed by atoms with Crippen LogP contribution in [0.15, 0.2) is 99.9 Å². The lowest BCUT2D eigenvalue weighted by Gasteiger charge is -2.38. The van der Waals surface area contributed by atoms with Crippen molar-refractivity contribution in [3.8, 4) is 5.82 Å². The molecule has 7 atom stereocenters. The number of aryl methyl sites for hydroxylation is 3. The quantitative estimate of drug-likeness (QED) is 0.0150. The van der Waals surface area contributed by atoms with Crippen LogP contribution < -0.4 is 63.6 Å². The number of nitrogens with one attached hydrogen (secondary N) is 3. The van der Waals surface area contributed by atoms with Crippen LogP contribution in [0.1, 0.15) is 232 Å². The van der Waals surface area contributed by atoms with Crippen molar-refractivity contribution in [1.29, 1.82) is 0 Å². The molecule has 0 unspecified atom stereocenters. The predicted octanol–water partition coefficient (Wildman–Crippen LogP) is 14.7. The Hall–Kier alpha value is -11.6. The number of carbonyl (C=O) groups is 7. The molecule has 0 spiro atoms. The number of esters is 1. The molecule has 4 aromatic carbocycles. The first-order chi connectivity index (χ1) is 66.6. The number of β-amino-alcohol motifs (C(OH)–C–C–N with tert-alkyl or cyclic N) is 1. The van der Waals surface area contributed by atoms with Crippen LogP contribution in [0.2, 0.25) is 5.02 Å². The van der Waals surface area contributed by atoms with E-state index < -0.39 is 87.8 Å². The molecule has 2 amide bonds. The highest BCUT2D eigenvalue weighted by Gasteiger charge is 2.43. The highest BCUT2D eigenvalue weighted by Crippen LogP contribution is 2.46. The van der Waals surface area contributed by atoms with Crippen LogP contribution in [0, 0.1) is 49.0 Å². The van der Waals surface area contributed by atoms with Crippen molar-refractivity contribution >= 4 is 103 Å². The molecule has 41 heteroatoms. The largest absolute Gasteiger partial charge is 0.463 e. The molecule has 15 rings (SSSR count). The Bertz CT molecular complexity index is 6070. The van der Waals surface area contributed by atoms with E-state index in [2.05, 4.69) is 67.2 Å². The van der Waals surface area contributed by atoms with E-state index in [1.165, 1.54) is 43.5 Å². The van der Waals surface area contributed by atoms with Crippen molar-refractivity contribution < 1.29 is 96.8 Å². The zero-order chi connectivity index (χ0) is 103. The number of anilines is 5. The van der Waals surface area contributed by atoms with E-state index in [0.29, 0.717) is 66.1 Å². The topological polar surface area (TPSA) is 395 Å². The third-order valence-corrected chi connectivity index (χ3v) is 26.7. The third kappa shape index (κ3) is 27.1. The number of Topliss-reactive ketones (excluding diaryl/α,β-unsaturated/α-hetero) is 4. The first-order valence-corrected chi connectivity index (χ1v) is 48.0. The maximum Gasteiger partial charge on any atom is 0.416 e. The summed E-state index contributed by atoms with van der Waals surface area (Å²) in [4.78, 5) is 120. The van der Waals surface area contributed by atoms with Gasteiger partial charge in [0.1, 0.15) is 17.4 Å². The highest BCUT2D eigenvalue weighted by molar-refractivity contribution is 6.38. The molecular formula is C100H126ClF10N17O13. The molecule has 0 bridgehead atoms. The predicted molar refractivity (Wildman–Crippen MR) is 516 cm³/mol. The van der Waals surface area contributed by atoms with Gasteiger partial charge in [-0.2, -0.15) is 31.1 Å². The van der Waals surface area contributed by atoms with E-state index in [1.807, 2.05) is 43.2 Å². The van der Waals surface area contributed by atoms with Gasteiger partial charge in [-0.05, 0) is 220 Å². The zero-order valence-electron chi connectivity index (χ0n) is 81.6. The van der Waals surface area contributed by atoms with Gasteiger partial charge in [-0.1, -0.05) is 62.1 Å². The maximum absolute atomic E-state index is 14.8. The van der Waals surface area contributed by atoms with E-state index in [-0.39, 0.29) is 159 Å². The average molecular weight is 2000 g/mol. The SMILES string of the molecule is CC(=O)C1CCC(CN2CCC[C@H](N(Cc3cc(C(F)(F)F)cc(C(F)(F)F)c3)c3nnn(C)n3)c3cc(C)cc(C)c32)CC1.CC(=O)c1cn(-c2nc(N)c(F)cc2F)c2c(Cl)c(N3CC(O)C3)c(F)cc2c1=O.CC(=O)c1cn(C2CC2)c2cc(N3CCNCC3)c(F)cc2c1=O.CCC(CC)O[C@@H]1C=C(C(C)=O)C[C@H](N)[C@H]1NC(C)=O.CCOC(=O)C1=C[C@@H](OC(CC)CC)[C@H](NC(C)=O)[C@@H](N)C1. The van der Waals surface area contributed by atoms with Gasteiger partial charge in [0.05, 0.1) is 117 Å². The lowest BCUT2D eigenvalue weighted by molar-refractivity contribution is -0.143. The molecule has 0 radical (unpaired) electrons. The summed E-state index contributed by atoms with van der Waals surface area (Å²) < 4.78 is 160. The number of nitrogens with zero attached hydrogens (tertiary/aromatic N) is 11. The second-order valence-electron chi connectivity index (χ2n) is 37.1. The van der Waals surface area contributed by atoms with Gasteiger partial charge >= 0.3 is 18.3 Å². The molecule has 7 heterocycles. The Kier molecular flexibility index (Phi) is 37.0. The van der Waals surface area contributed by atoms with Crippen molar-refractivity contribution in [3.63, 3.8) is 0 Å². The number of halogens is 11. The van der Waals surface area contributed by atoms with Crippen LogP contribution >= 0.6 is 11.6 Å². The summed E-state index contributed by atoms with van der Waals surface area (Å²) in [6, 6.07) is 8.84. The van der Waals surface area contributed by atoms with E-state index in [9.17, 15) is 92.2 Å². The van der Waals surface area contributed by atoms with Crippen LogP contribution in [0.5, 0.6) is 0 Å². The Morgan fingerprint density at radius 3 is 1.71 bits per heavy atom. The number of aliphatic hydroxyl groups is 1. The average Bonchev–Trinajstić information content (AvgIpc) is 1.41. The van der Waals surface area contributed by atoms with E-state index in [4.69, 9.17) is 43.0 Å². The van der Waals surface area contributed by atoms with Gasteiger partial charge in [0.15, 0.2) is 51.5 Å². The molecule has 8 aromatic rings. The number of tetrazole rings is 1. The normalized spacial score (nSPS) is 20.4. The zero-order valence-corrected chi connectivity index (χ0v) is 82.4. The number of pyridine rings is 3. The van der Waals surface area contributed by atoms with Gasteiger partial charge in [-0.3, -0.25) is 42.9 Å². The number of ketones is 4. The van der Waals surface area contributed by atoms with E-state index in [0.717, 1.165) is 174 Å². The van der Waals surface area contributed by atoms with Gasteiger partial charge < -0.3 is 76.6 Å². The molecule has 766 valence electrons. The summed E-state index contributed by atoms with van der Waals surface area (Å²) in [5.74, 6) is -5.31. The van der Waals surface area contributed by atoms with Gasteiger partial charge in [0.25, 0.3) is 5.95 Å². The second kappa shape index (κ2) is 47.6. The number of hydrogen-bond acceptors (Lipinski definition) is 25. The molecule has 10 N–H and O–H groups in total. The molecule has 4 aliphatic carbocycles. The summed E-state index contributed by atoms with van der Waals surface area (Å²) in [5.41, 5.74) is 19.7. The van der Waals surface area contributed by atoms with Gasteiger partial charge in [-0.15, -0.1) is 5.10 Å². The smallest absolute Gasteiger partial charge is 0.416 e. The number of aromatic nitrogens is 7. The number of nitrogens with two attached hydrogens (primary N) is 3. The van der Waals surface area contributed by atoms with Crippen molar-refractivity contribution in [1.82, 2.24) is 50.3 Å². The molecule has 2 saturated heterocycles. The maximum atomic E-state index is 14.8. The summed E-state index contributed by atoms with van der Waals surface area (Å²) in [7, 11) is 1.55. The molecule has 2 saturated carbocycles. The number of fused-ring (bicyclic) bond motifs is 3.